The lowest BCUT2D eigenvalue weighted by Gasteiger charge is -2.31. The lowest BCUT2D eigenvalue weighted by atomic mass is 10.0. The van der Waals surface area contributed by atoms with Gasteiger partial charge in [0, 0.05) is 13.1 Å². The Kier molecular flexibility index (Phi) is 9.07. The number of rotatable bonds is 11. The van der Waals surface area contributed by atoms with Crippen molar-refractivity contribution in [1.29, 1.82) is 0 Å². The van der Waals surface area contributed by atoms with E-state index < -0.39 is 29.6 Å². The zero-order chi connectivity index (χ0) is 28.6. The maximum absolute atomic E-state index is 14.0. The molecule has 3 amide bonds. The molecule has 0 saturated carbocycles. The number of carbonyl (C=O) groups excluding carboxylic acids is 3. The van der Waals surface area contributed by atoms with E-state index in [0.717, 1.165) is 17.1 Å². The molecule has 5 N–H and O–H groups in total. The van der Waals surface area contributed by atoms with Gasteiger partial charge in [0.05, 0.1) is 12.3 Å². The van der Waals surface area contributed by atoms with Crippen molar-refractivity contribution in [3.63, 3.8) is 0 Å². The summed E-state index contributed by atoms with van der Waals surface area (Å²) in [7, 11) is 0. The van der Waals surface area contributed by atoms with E-state index in [1.54, 1.807) is 24.3 Å². The van der Waals surface area contributed by atoms with Crippen LogP contribution in [0.25, 0.3) is 0 Å². The number of anilines is 1. The minimum Gasteiger partial charge on any atom is -0.494 e. The van der Waals surface area contributed by atoms with Crippen LogP contribution < -0.4 is 21.5 Å². The third-order valence-corrected chi connectivity index (χ3v) is 6.91. The van der Waals surface area contributed by atoms with E-state index in [1.165, 1.54) is 29.2 Å². The summed E-state index contributed by atoms with van der Waals surface area (Å²) >= 11 is 0.719. The van der Waals surface area contributed by atoms with Crippen LogP contribution in [-0.2, 0) is 17.9 Å². The molecule has 0 aliphatic heterocycles. The number of nitrogens with zero attached hydrogens (tertiary/aromatic N) is 2. The van der Waals surface area contributed by atoms with Gasteiger partial charge < -0.3 is 26.4 Å². The van der Waals surface area contributed by atoms with E-state index in [-0.39, 0.29) is 29.3 Å². The van der Waals surface area contributed by atoms with Gasteiger partial charge in [-0.2, -0.15) is 4.37 Å². The lowest BCUT2D eigenvalue weighted by molar-refractivity contribution is -0.126. The largest absolute Gasteiger partial charge is 0.494 e. The number of nitrogens with two attached hydrogens (primary N) is 2. The number of primary amides is 1. The SMILES string of the molecule is CCOc1ccc(C(C(=O)NCc2ccccc2)N(Cc2ccc(F)cc2)C(=O)c2snc(C(N)=O)c2N)cc1. The van der Waals surface area contributed by atoms with Crippen LogP contribution >= 0.6 is 11.5 Å². The Labute approximate surface area is 234 Å². The molecule has 206 valence electrons. The van der Waals surface area contributed by atoms with Crippen molar-refractivity contribution in [2.45, 2.75) is 26.1 Å². The average molecular weight is 562 g/mol. The van der Waals surface area contributed by atoms with Crippen molar-refractivity contribution in [2.75, 3.05) is 12.3 Å². The summed E-state index contributed by atoms with van der Waals surface area (Å²) in [6.45, 7) is 2.47. The van der Waals surface area contributed by atoms with E-state index in [4.69, 9.17) is 16.2 Å². The predicted molar refractivity (Wildman–Crippen MR) is 150 cm³/mol. The van der Waals surface area contributed by atoms with Crippen molar-refractivity contribution in [3.8, 4) is 5.75 Å². The zero-order valence-electron chi connectivity index (χ0n) is 21.7. The highest BCUT2D eigenvalue weighted by Gasteiger charge is 2.35. The van der Waals surface area contributed by atoms with Gasteiger partial charge in [-0.1, -0.05) is 54.6 Å². The Morgan fingerprint density at radius 2 is 1.68 bits per heavy atom. The van der Waals surface area contributed by atoms with Crippen LogP contribution in [0.1, 0.15) is 49.8 Å². The first-order valence-corrected chi connectivity index (χ1v) is 13.2. The van der Waals surface area contributed by atoms with Gasteiger partial charge in [-0.05, 0) is 59.4 Å². The first kappa shape index (κ1) is 28.2. The molecule has 0 spiro atoms. The number of aromatic nitrogens is 1. The molecule has 11 heteroatoms. The van der Waals surface area contributed by atoms with Crippen LogP contribution in [0.15, 0.2) is 78.9 Å². The molecule has 0 bridgehead atoms. The van der Waals surface area contributed by atoms with E-state index in [1.807, 2.05) is 37.3 Å². The molecular weight excluding hydrogens is 533 g/mol. The Bertz CT molecular complexity index is 1480. The quantitative estimate of drug-likeness (QED) is 0.252. The van der Waals surface area contributed by atoms with E-state index in [9.17, 15) is 18.8 Å². The Balaban J connectivity index is 1.78. The molecule has 3 aromatic carbocycles. The number of amides is 3. The van der Waals surface area contributed by atoms with Crippen LogP contribution in [0.5, 0.6) is 5.75 Å². The maximum atomic E-state index is 14.0. The van der Waals surface area contributed by atoms with Crippen LogP contribution in [-0.4, -0.2) is 33.6 Å². The highest BCUT2D eigenvalue weighted by Crippen LogP contribution is 2.31. The molecule has 1 atom stereocenters. The zero-order valence-corrected chi connectivity index (χ0v) is 22.5. The molecule has 4 rings (SSSR count). The normalized spacial score (nSPS) is 11.4. The molecule has 0 radical (unpaired) electrons. The average Bonchev–Trinajstić information content (AvgIpc) is 3.35. The molecule has 1 heterocycles. The Hall–Kier alpha value is -4.77. The summed E-state index contributed by atoms with van der Waals surface area (Å²) in [5.74, 6) is -1.81. The van der Waals surface area contributed by atoms with Gasteiger partial charge in [0.15, 0.2) is 5.69 Å². The summed E-state index contributed by atoms with van der Waals surface area (Å²) in [4.78, 5) is 40.9. The summed E-state index contributed by atoms with van der Waals surface area (Å²) in [6.07, 6.45) is 0. The fraction of sp³-hybridized carbons (Fsp3) is 0.172. The molecule has 40 heavy (non-hydrogen) atoms. The molecule has 4 aromatic rings. The number of carbonyl (C=O) groups is 3. The number of nitrogen functional groups attached to an aromatic ring is 1. The van der Waals surface area contributed by atoms with Crippen LogP contribution in [0.4, 0.5) is 10.1 Å². The monoisotopic (exact) mass is 561 g/mol. The smallest absolute Gasteiger partial charge is 0.270 e. The molecule has 0 fully saturated rings. The molecular formula is C29H28FN5O4S. The van der Waals surface area contributed by atoms with Gasteiger partial charge in [-0.3, -0.25) is 14.4 Å². The standard InChI is InChI=1S/C29H28FN5O4S/c1-2-39-22-14-10-20(11-15-22)25(28(37)33-16-18-6-4-3-5-7-18)35(17-19-8-12-21(30)13-9-19)29(38)26-23(31)24(27(32)36)34-40-26/h3-15,25H,2,16-17,31H2,1H3,(H2,32,36)(H,33,37). The van der Waals surface area contributed by atoms with Gasteiger partial charge >= 0.3 is 0 Å². The van der Waals surface area contributed by atoms with Crippen molar-refractivity contribution in [2.24, 2.45) is 5.73 Å². The Morgan fingerprint density at radius 3 is 2.27 bits per heavy atom. The van der Waals surface area contributed by atoms with Gasteiger partial charge in [0.1, 0.15) is 22.5 Å². The van der Waals surface area contributed by atoms with E-state index >= 15 is 0 Å². The number of nitrogens with one attached hydrogen (secondary N) is 1. The number of halogens is 1. The minimum atomic E-state index is -1.13. The van der Waals surface area contributed by atoms with Crippen molar-refractivity contribution >= 4 is 34.9 Å². The fourth-order valence-corrected chi connectivity index (χ4v) is 4.86. The second kappa shape index (κ2) is 12.9. The maximum Gasteiger partial charge on any atom is 0.270 e. The molecule has 0 aliphatic carbocycles. The van der Waals surface area contributed by atoms with E-state index in [0.29, 0.717) is 23.5 Å². The highest BCUT2D eigenvalue weighted by molar-refractivity contribution is 7.09. The van der Waals surface area contributed by atoms with Crippen LogP contribution in [0.2, 0.25) is 0 Å². The summed E-state index contributed by atoms with van der Waals surface area (Å²) in [5.41, 5.74) is 13.0. The summed E-state index contributed by atoms with van der Waals surface area (Å²) in [6, 6.07) is 20.6. The summed E-state index contributed by atoms with van der Waals surface area (Å²) in [5, 5.41) is 2.92. The highest BCUT2D eigenvalue weighted by atomic mass is 32.1. The molecule has 9 nitrogen and oxygen atoms in total. The molecule has 0 saturated heterocycles. The number of ether oxygens (including phenoxy) is 1. The van der Waals surface area contributed by atoms with Crippen LogP contribution in [0.3, 0.4) is 0 Å². The summed E-state index contributed by atoms with van der Waals surface area (Å²) < 4.78 is 23.2. The van der Waals surface area contributed by atoms with E-state index in [2.05, 4.69) is 9.69 Å². The third kappa shape index (κ3) is 6.62. The van der Waals surface area contributed by atoms with Crippen molar-refractivity contribution in [3.05, 3.63) is 112 Å². The minimum absolute atomic E-state index is 0.0392. The predicted octanol–water partition coefficient (Wildman–Crippen LogP) is 4.06. The second-order valence-electron chi connectivity index (χ2n) is 8.81. The van der Waals surface area contributed by atoms with Crippen LogP contribution in [0, 0.1) is 5.82 Å². The van der Waals surface area contributed by atoms with Crippen molar-refractivity contribution < 1.29 is 23.5 Å². The number of benzene rings is 3. The lowest BCUT2D eigenvalue weighted by Crippen LogP contribution is -2.43. The number of hydrogen-bond donors (Lipinski definition) is 3. The Morgan fingerprint density at radius 1 is 1.00 bits per heavy atom. The second-order valence-corrected chi connectivity index (χ2v) is 9.58. The van der Waals surface area contributed by atoms with Gasteiger partial charge in [-0.25, -0.2) is 4.39 Å². The topological polar surface area (TPSA) is 141 Å². The first-order chi connectivity index (χ1) is 19.3. The first-order valence-electron chi connectivity index (χ1n) is 12.4. The van der Waals surface area contributed by atoms with Gasteiger partial charge in [-0.15, -0.1) is 0 Å². The van der Waals surface area contributed by atoms with Gasteiger partial charge in [0.25, 0.3) is 11.8 Å². The van der Waals surface area contributed by atoms with Crippen molar-refractivity contribution in [1.82, 2.24) is 14.6 Å². The molecule has 0 aliphatic rings. The van der Waals surface area contributed by atoms with Gasteiger partial charge in [0.2, 0.25) is 5.91 Å². The fourth-order valence-electron chi connectivity index (χ4n) is 4.09. The third-order valence-electron chi connectivity index (χ3n) is 6.06. The molecule has 1 unspecified atom stereocenters. The number of hydrogen-bond acceptors (Lipinski definition) is 7. The molecule has 1 aromatic heterocycles.